The number of hydrogen-bond acceptors (Lipinski definition) is 3. The van der Waals surface area contributed by atoms with Crippen molar-refractivity contribution in [1.29, 1.82) is 0 Å². The van der Waals surface area contributed by atoms with Crippen molar-refractivity contribution in [2.75, 3.05) is 5.32 Å². The van der Waals surface area contributed by atoms with Crippen LogP contribution in [0.4, 0.5) is 5.69 Å². The van der Waals surface area contributed by atoms with Gasteiger partial charge in [-0.2, -0.15) is 0 Å². The Balaban J connectivity index is 1.58. The minimum atomic E-state index is -0.670. The summed E-state index contributed by atoms with van der Waals surface area (Å²) in [6.45, 7) is 0. The molecule has 134 valence electrons. The van der Waals surface area contributed by atoms with Gasteiger partial charge in [-0.05, 0) is 42.5 Å². The van der Waals surface area contributed by atoms with Crippen LogP contribution in [0.15, 0.2) is 94.1 Å². The Bertz CT molecular complexity index is 1280. The molecule has 4 heteroatoms. The van der Waals surface area contributed by atoms with Gasteiger partial charge in [0.05, 0.1) is 0 Å². The first-order valence-electron chi connectivity index (χ1n) is 8.70. The highest BCUT2D eigenvalue weighted by molar-refractivity contribution is 6.05. The molecule has 0 aliphatic heterocycles. The molecule has 3 aromatic carbocycles. The van der Waals surface area contributed by atoms with Gasteiger partial charge in [-0.1, -0.05) is 54.3 Å². The molecule has 0 spiro atoms. The molecule has 0 saturated carbocycles. The van der Waals surface area contributed by atoms with Gasteiger partial charge in [0.15, 0.2) is 0 Å². The molecule has 0 saturated heterocycles. The molecule has 28 heavy (non-hydrogen) atoms. The molecule has 1 heterocycles. The number of amides is 1. The van der Waals surface area contributed by atoms with E-state index in [0.29, 0.717) is 16.7 Å². The van der Waals surface area contributed by atoms with E-state index in [9.17, 15) is 9.59 Å². The van der Waals surface area contributed by atoms with E-state index in [4.69, 9.17) is 4.42 Å². The predicted octanol–water partition coefficient (Wildman–Crippen LogP) is 4.45. The highest BCUT2D eigenvalue weighted by atomic mass is 16.4. The number of para-hydroxylation sites is 1. The molecule has 0 radical (unpaired) electrons. The summed E-state index contributed by atoms with van der Waals surface area (Å²) in [4.78, 5) is 24.7. The summed E-state index contributed by atoms with van der Waals surface area (Å²) < 4.78 is 5.22. The second kappa shape index (κ2) is 7.65. The third-order valence-corrected chi connectivity index (χ3v) is 4.13. The predicted molar refractivity (Wildman–Crippen MR) is 109 cm³/mol. The Morgan fingerprint density at radius 3 is 2.36 bits per heavy atom. The zero-order chi connectivity index (χ0) is 19.3. The van der Waals surface area contributed by atoms with Crippen LogP contribution < -0.4 is 10.9 Å². The first kappa shape index (κ1) is 17.3. The van der Waals surface area contributed by atoms with Gasteiger partial charge in [0, 0.05) is 22.2 Å². The van der Waals surface area contributed by atoms with Gasteiger partial charge in [0.25, 0.3) is 5.91 Å². The van der Waals surface area contributed by atoms with Crippen molar-refractivity contribution in [3.05, 3.63) is 112 Å². The maximum Gasteiger partial charge on any atom is 0.349 e. The monoisotopic (exact) mass is 365 g/mol. The molecule has 0 aliphatic rings. The fourth-order valence-corrected chi connectivity index (χ4v) is 2.76. The molecule has 0 aliphatic carbocycles. The van der Waals surface area contributed by atoms with E-state index < -0.39 is 11.5 Å². The van der Waals surface area contributed by atoms with Crippen molar-refractivity contribution in [3.8, 4) is 11.8 Å². The van der Waals surface area contributed by atoms with Crippen LogP contribution in [0.25, 0.3) is 11.0 Å². The van der Waals surface area contributed by atoms with Crippen LogP contribution in [-0.4, -0.2) is 5.91 Å². The van der Waals surface area contributed by atoms with Gasteiger partial charge in [0.2, 0.25) is 0 Å². The first-order valence-corrected chi connectivity index (χ1v) is 8.70. The van der Waals surface area contributed by atoms with Crippen LogP contribution in [0.5, 0.6) is 0 Å². The summed E-state index contributed by atoms with van der Waals surface area (Å²) in [5.74, 6) is 5.62. The Morgan fingerprint density at radius 2 is 1.50 bits per heavy atom. The lowest BCUT2D eigenvalue weighted by atomic mass is 10.1. The number of fused-ring (bicyclic) bond motifs is 1. The SMILES string of the molecule is O=C(Nc1cccc(C#Cc2ccccc2)c1)c1cc2ccccc2oc1=O. The van der Waals surface area contributed by atoms with Crippen LogP contribution in [0, 0.1) is 11.8 Å². The standard InChI is InChI=1S/C24H15NO3/c26-23(21-16-19-10-4-5-12-22(19)28-24(21)27)25-20-11-6-9-18(15-20)14-13-17-7-2-1-3-8-17/h1-12,15-16H,(H,25,26). The summed E-state index contributed by atoms with van der Waals surface area (Å²) in [5.41, 5.74) is 1.95. The molecule has 4 nitrogen and oxygen atoms in total. The van der Waals surface area contributed by atoms with Crippen LogP contribution in [0.1, 0.15) is 21.5 Å². The van der Waals surface area contributed by atoms with E-state index in [1.807, 2.05) is 42.5 Å². The Labute approximate surface area is 161 Å². The topological polar surface area (TPSA) is 59.3 Å². The van der Waals surface area contributed by atoms with E-state index in [1.54, 1.807) is 36.4 Å². The van der Waals surface area contributed by atoms with Crippen molar-refractivity contribution in [3.63, 3.8) is 0 Å². The van der Waals surface area contributed by atoms with Gasteiger partial charge >= 0.3 is 5.63 Å². The molecular weight excluding hydrogens is 350 g/mol. The minimum Gasteiger partial charge on any atom is -0.422 e. The van der Waals surface area contributed by atoms with E-state index >= 15 is 0 Å². The fraction of sp³-hybridized carbons (Fsp3) is 0. The average Bonchev–Trinajstić information content (AvgIpc) is 2.73. The molecule has 4 aromatic rings. The summed E-state index contributed by atoms with van der Waals surface area (Å²) >= 11 is 0. The van der Waals surface area contributed by atoms with Crippen LogP contribution >= 0.6 is 0 Å². The number of nitrogens with one attached hydrogen (secondary N) is 1. The van der Waals surface area contributed by atoms with E-state index in [2.05, 4.69) is 17.2 Å². The van der Waals surface area contributed by atoms with E-state index in [-0.39, 0.29) is 5.56 Å². The molecular formula is C24H15NO3. The van der Waals surface area contributed by atoms with Crippen molar-refractivity contribution in [1.82, 2.24) is 0 Å². The van der Waals surface area contributed by atoms with Crippen molar-refractivity contribution in [2.24, 2.45) is 0 Å². The zero-order valence-corrected chi connectivity index (χ0v) is 14.8. The average molecular weight is 365 g/mol. The Kier molecular flexibility index (Phi) is 4.73. The van der Waals surface area contributed by atoms with Gasteiger partial charge in [0.1, 0.15) is 11.1 Å². The molecule has 1 aromatic heterocycles. The largest absolute Gasteiger partial charge is 0.422 e. The number of benzene rings is 3. The normalized spacial score (nSPS) is 10.1. The molecule has 4 rings (SSSR count). The lowest BCUT2D eigenvalue weighted by Crippen LogP contribution is -2.20. The van der Waals surface area contributed by atoms with Gasteiger partial charge in [-0.15, -0.1) is 0 Å². The summed E-state index contributed by atoms with van der Waals surface area (Å²) in [7, 11) is 0. The van der Waals surface area contributed by atoms with Gasteiger partial charge in [-0.25, -0.2) is 4.79 Å². The molecule has 0 atom stereocenters. The highest BCUT2D eigenvalue weighted by Crippen LogP contribution is 2.15. The number of rotatable bonds is 2. The Hall–Kier alpha value is -4.10. The maximum absolute atomic E-state index is 12.6. The number of anilines is 1. The van der Waals surface area contributed by atoms with Crippen molar-refractivity contribution >= 4 is 22.6 Å². The molecule has 1 amide bonds. The second-order valence-corrected chi connectivity index (χ2v) is 6.14. The fourth-order valence-electron chi connectivity index (χ4n) is 2.76. The number of carbonyl (C=O) groups is 1. The third kappa shape index (κ3) is 3.84. The molecule has 1 N–H and O–H groups in total. The van der Waals surface area contributed by atoms with Crippen LogP contribution in [0.3, 0.4) is 0 Å². The molecule has 0 fully saturated rings. The van der Waals surface area contributed by atoms with Crippen molar-refractivity contribution in [2.45, 2.75) is 0 Å². The highest BCUT2D eigenvalue weighted by Gasteiger charge is 2.14. The smallest absolute Gasteiger partial charge is 0.349 e. The summed E-state index contributed by atoms with van der Waals surface area (Å²) in [6.07, 6.45) is 0. The Morgan fingerprint density at radius 1 is 0.786 bits per heavy atom. The van der Waals surface area contributed by atoms with E-state index in [1.165, 1.54) is 6.07 Å². The summed E-state index contributed by atoms with van der Waals surface area (Å²) in [6, 6.07) is 25.4. The van der Waals surface area contributed by atoms with Crippen molar-refractivity contribution < 1.29 is 9.21 Å². The first-order chi connectivity index (χ1) is 13.7. The quantitative estimate of drug-likeness (QED) is 0.422. The summed E-state index contributed by atoms with van der Waals surface area (Å²) in [5, 5.41) is 3.43. The second-order valence-electron chi connectivity index (χ2n) is 6.14. The number of hydrogen-bond donors (Lipinski definition) is 1. The minimum absolute atomic E-state index is 0.0422. The molecule has 0 unspecified atom stereocenters. The number of carbonyl (C=O) groups excluding carboxylic acids is 1. The molecule has 0 bridgehead atoms. The lowest BCUT2D eigenvalue weighted by Gasteiger charge is -2.05. The third-order valence-electron chi connectivity index (χ3n) is 4.13. The van der Waals surface area contributed by atoms with E-state index in [0.717, 1.165) is 11.1 Å². The maximum atomic E-state index is 12.6. The van der Waals surface area contributed by atoms with Crippen LogP contribution in [0.2, 0.25) is 0 Å². The lowest BCUT2D eigenvalue weighted by molar-refractivity contribution is 0.102. The van der Waals surface area contributed by atoms with Gasteiger partial charge in [-0.3, -0.25) is 4.79 Å². The van der Waals surface area contributed by atoms with Crippen LogP contribution in [-0.2, 0) is 0 Å². The zero-order valence-electron chi connectivity index (χ0n) is 14.8. The van der Waals surface area contributed by atoms with Gasteiger partial charge < -0.3 is 9.73 Å².